The molecule has 0 aliphatic heterocycles. The predicted molar refractivity (Wildman–Crippen MR) is 92.1 cm³/mol. The van der Waals surface area contributed by atoms with Crippen LogP contribution in [0.15, 0.2) is 42.0 Å². The third-order valence-corrected chi connectivity index (χ3v) is 3.92. The molecule has 118 valence electrons. The van der Waals surface area contributed by atoms with Crippen molar-refractivity contribution in [2.45, 2.75) is 0 Å². The highest BCUT2D eigenvalue weighted by Gasteiger charge is 2.16. The zero-order valence-corrected chi connectivity index (χ0v) is 14.2. The van der Waals surface area contributed by atoms with Crippen LogP contribution in [0.25, 0.3) is 6.08 Å². The zero-order valence-electron chi connectivity index (χ0n) is 11.9. The van der Waals surface area contributed by atoms with Crippen LogP contribution in [0.2, 0.25) is 15.1 Å². The van der Waals surface area contributed by atoms with Gasteiger partial charge in [0.1, 0.15) is 17.7 Å². The minimum absolute atomic E-state index is 0.0515. The molecule has 0 fully saturated rings. The van der Waals surface area contributed by atoms with Crippen LogP contribution in [0, 0.1) is 22.7 Å². The van der Waals surface area contributed by atoms with Crippen molar-refractivity contribution in [1.29, 1.82) is 10.5 Å². The SMILES string of the molecule is N#CC(C#N)=Cc1ccccc1C(=O)Oc1cc(Cl)c(Cl)cc1Cl. The summed E-state index contributed by atoms with van der Waals surface area (Å²) in [7, 11) is 0. The lowest BCUT2D eigenvalue weighted by atomic mass is 10.1. The highest BCUT2D eigenvalue weighted by Crippen LogP contribution is 2.34. The van der Waals surface area contributed by atoms with Gasteiger partial charge in [-0.2, -0.15) is 10.5 Å². The molecule has 2 rings (SSSR count). The van der Waals surface area contributed by atoms with Gasteiger partial charge in [0.05, 0.1) is 20.6 Å². The molecule has 2 aromatic carbocycles. The van der Waals surface area contributed by atoms with Crippen molar-refractivity contribution < 1.29 is 9.53 Å². The van der Waals surface area contributed by atoms with Gasteiger partial charge in [0.15, 0.2) is 5.75 Å². The van der Waals surface area contributed by atoms with E-state index in [1.54, 1.807) is 30.3 Å². The van der Waals surface area contributed by atoms with Crippen molar-refractivity contribution in [2.75, 3.05) is 0 Å². The maximum atomic E-state index is 12.4. The first-order valence-electron chi connectivity index (χ1n) is 6.44. The molecule has 0 aromatic heterocycles. The molecule has 2 aromatic rings. The summed E-state index contributed by atoms with van der Waals surface area (Å²) >= 11 is 17.7. The van der Waals surface area contributed by atoms with Gasteiger partial charge < -0.3 is 4.74 Å². The van der Waals surface area contributed by atoms with Crippen molar-refractivity contribution in [3.8, 4) is 17.9 Å². The second kappa shape index (κ2) is 7.86. The number of nitrogens with zero attached hydrogens (tertiary/aromatic N) is 2. The molecule has 0 aliphatic rings. The lowest BCUT2D eigenvalue weighted by Gasteiger charge is -2.09. The van der Waals surface area contributed by atoms with Crippen LogP contribution in [0.4, 0.5) is 0 Å². The van der Waals surface area contributed by atoms with Crippen LogP contribution >= 0.6 is 34.8 Å². The first-order chi connectivity index (χ1) is 11.5. The van der Waals surface area contributed by atoms with Crippen LogP contribution in [0.3, 0.4) is 0 Å². The number of rotatable bonds is 3. The fourth-order valence-corrected chi connectivity index (χ4v) is 2.37. The Bertz CT molecular complexity index is 908. The highest BCUT2D eigenvalue weighted by molar-refractivity contribution is 6.43. The standard InChI is InChI=1S/C17H7Cl3N2O2/c18-13-6-15(20)16(7-14(13)19)24-17(23)12-4-2-1-3-11(12)5-10(8-21)9-22/h1-7H. The molecule has 24 heavy (non-hydrogen) atoms. The van der Waals surface area contributed by atoms with Crippen molar-refractivity contribution in [3.63, 3.8) is 0 Å². The number of esters is 1. The first-order valence-corrected chi connectivity index (χ1v) is 7.57. The molecule has 0 aliphatic carbocycles. The summed E-state index contributed by atoms with van der Waals surface area (Å²) in [5.41, 5.74) is 0.405. The van der Waals surface area contributed by atoms with E-state index in [1.807, 2.05) is 0 Å². The molecule has 7 heteroatoms. The molecule has 0 atom stereocenters. The summed E-state index contributed by atoms with van der Waals surface area (Å²) in [5, 5.41) is 18.2. The second-order valence-corrected chi connectivity index (χ2v) is 5.68. The Morgan fingerprint density at radius 1 is 1.00 bits per heavy atom. The van der Waals surface area contributed by atoms with Gasteiger partial charge in [-0.1, -0.05) is 53.0 Å². The predicted octanol–water partition coefficient (Wildman–Crippen LogP) is 5.30. The third kappa shape index (κ3) is 4.07. The molecular formula is C17H7Cl3N2O2. The fraction of sp³-hybridized carbons (Fsp3) is 0. The summed E-state index contributed by atoms with van der Waals surface area (Å²) < 4.78 is 5.25. The van der Waals surface area contributed by atoms with E-state index in [9.17, 15) is 4.79 Å². The molecule has 0 N–H and O–H groups in total. The quantitative estimate of drug-likeness (QED) is 0.315. The number of carbonyl (C=O) groups excluding carboxylic acids is 1. The van der Waals surface area contributed by atoms with Gasteiger partial charge in [-0.05, 0) is 23.8 Å². The van der Waals surface area contributed by atoms with E-state index in [4.69, 9.17) is 50.1 Å². The monoisotopic (exact) mass is 376 g/mol. The van der Waals surface area contributed by atoms with Gasteiger partial charge in [0, 0.05) is 6.07 Å². The van der Waals surface area contributed by atoms with Gasteiger partial charge in [0.25, 0.3) is 0 Å². The van der Waals surface area contributed by atoms with E-state index in [-0.39, 0.29) is 32.0 Å². The van der Waals surface area contributed by atoms with E-state index in [0.717, 1.165) is 0 Å². The summed E-state index contributed by atoms with van der Waals surface area (Å²) in [6, 6.07) is 12.5. The molecule has 0 spiro atoms. The Morgan fingerprint density at radius 3 is 2.29 bits per heavy atom. The van der Waals surface area contributed by atoms with E-state index < -0.39 is 5.97 Å². The summed E-state index contributed by atoms with van der Waals surface area (Å²) in [6.45, 7) is 0. The molecule has 0 amide bonds. The lowest BCUT2D eigenvalue weighted by Crippen LogP contribution is -2.10. The highest BCUT2D eigenvalue weighted by atomic mass is 35.5. The third-order valence-electron chi connectivity index (χ3n) is 2.90. The van der Waals surface area contributed by atoms with Crippen LogP contribution in [0.1, 0.15) is 15.9 Å². The van der Waals surface area contributed by atoms with Crippen LogP contribution < -0.4 is 4.74 Å². The topological polar surface area (TPSA) is 73.9 Å². The van der Waals surface area contributed by atoms with Gasteiger partial charge in [-0.15, -0.1) is 0 Å². The van der Waals surface area contributed by atoms with Gasteiger partial charge in [-0.3, -0.25) is 0 Å². The van der Waals surface area contributed by atoms with Crippen molar-refractivity contribution in [2.24, 2.45) is 0 Å². The normalized spacial score (nSPS) is 9.54. The van der Waals surface area contributed by atoms with Crippen LogP contribution in [-0.4, -0.2) is 5.97 Å². The first kappa shape index (κ1) is 17.8. The minimum Gasteiger partial charge on any atom is -0.421 e. The summed E-state index contributed by atoms with van der Waals surface area (Å²) in [6.07, 6.45) is 1.30. The van der Waals surface area contributed by atoms with Crippen molar-refractivity contribution in [1.82, 2.24) is 0 Å². The fourth-order valence-electron chi connectivity index (χ4n) is 1.79. The molecule has 4 nitrogen and oxygen atoms in total. The van der Waals surface area contributed by atoms with E-state index in [2.05, 4.69) is 0 Å². The van der Waals surface area contributed by atoms with E-state index in [0.29, 0.717) is 5.56 Å². The lowest BCUT2D eigenvalue weighted by molar-refractivity contribution is 0.0734. The van der Waals surface area contributed by atoms with Crippen LogP contribution in [-0.2, 0) is 0 Å². The Balaban J connectivity index is 2.39. The molecule has 0 radical (unpaired) electrons. The zero-order chi connectivity index (χ0) is 17.7. The summed E-state index contributed by atoms with van der Waals surface area (Å²) in [4.78, 5) is 12.4. The second-order valence-electron chi connectivity index (χ2n) is 4.46. The van der Waals surface area contributed by atoms with Crippen molar-refractivity contribution in [3.05, 3.63) is 68.2 Å². The van der Waals surface area contributed by atoms with Gasteiger partial charge in [-0.25, -0.2) is 4.79 Å². The average molecular weight is 378 g/mol. The Kier molecular flexibility index (Phi) is 5.84. The number of hydrogen-bond donors (Lipinski definition) is 0. The average Bonchev–Trinajstić information content (AvgIpc) is 2.57. The molecule has 0 saturated carbocycles. The number of carbonyl (C=O) groups is 1. The summed E-state index contributed by atoms with van der Waals surface area (Å²) in [5.74, 6) is -0.659. The van der Waals surface area contributed by atoms with Crippen molar-refractivity contribution >= 4 is 46.8 Å². The van der Waals surface area contributed by atoms with E-state index >= 15 is 0 Å². The maximum absolute atomic E-state index is 12.4. The molecule has 0 saturated heterocycles. The number of hydrogen-bond acceptors (Lipinski definition) is 4. The Morgan fingerprint density at radius 2 is 1.62 bits per heavy atom. The number of benzene rings is 2. The van der Waals surface area contributed by atoms with Crippen LogP contribution in [0.5, 0.6) is 5.75 Å². The van der Waals surface area contributed by atoms with E-state index in [1.165, 1.54) is 24.3 Å². The molecule has 0 bridgehead atoms. The van der Waals surface area contributed by atoms with Gasteiger partial charge >= 0.3 is 5.97 Å². The minimum atomic E-state index is -0.711. The van der Waals surface area contributed by atoms with Gasteiger partial charge in [0.2, 0.25) is 0 Å². The number of nitriles is 2. The molecule has 0 heterocycles. The molecule has 0 unspecified atom stereocenters. The Labute approximate surface area is 153 Å². The number of allylic oxidation sites excluding steroid dienone is 1. The maximum Gasteiger partial charge on any atom is 0.344 e. The Hall–Kier alpha value is -2.50. The smallest absolute Gasteiger partial charge is 0.344 e. The number of halogens is 3. The molecular weight excluding hydrogens is 371 g/mol. The largest absolute Gasteiger partial charge is 0.421 e. The number of ether oxygens (including phenoxy) is 1.